The first-order valence-corrected chi connectivity index (χ1v) is 5.74. The van der Waals surface area contributed by atoms with E-state index in [0.717, 1.165) is 25.7 Å². The predicted octanol–water partition coefficient (Wildman–Crippen LogP) is 0.0616. The Hall–Kier alpha value is -1.10. The second kappa shape index (κ2) is 4.05. The molecule has 0 unspecified atom stereocenters. The number of nitrogens with one attached hydrogen (secondary N) is 1. The number of likely N-dealkylation sites (N-methyl/N-ethyl adjacent to an activating group) is 1. The normalized spacial score (nSPS) is 36.1. The molecule has 5 heteroatoms. The molecule has 1 amide bonds. The molecule has 1 heterocycles. The molecule has 2 aliphatic rings. The van der Waals surface area contributed by atoms with E-state index in [1.165, 1.54) is 0 Å². The summed E-state index contributed by atoms with van der Waals surface area (Å²) in [6.45, 7) is 1.09. The summed E-state index contributed by atoms with van der Waals surface area (Å²) in [4.78, 5) is 24.2. The first-order chi connectivity index (χ1) is 7.53. The Balaban J connectivity index is 2.01. The first-order valence-electron chi connectivity index (χ1n) is 5.74. The molecule has 0 radical (unpaired) electrons. The van der Waals surface area contributed by atoms with Crippen molar-refractivity contribution in [3.8, 4) is 0 Å². The van der Waals surface area contributed by atoms with E-state index in [-0.39, 0.29) is 17.4 Å². The third-order valence-electron chi connectivity index (χ3n) is 4.07. The van der Waals surface area contributed by atoms with Crippen LogP contribution >= 0.6 is 0 Å². The lowest BCUT2D eigenvalue weighted by molar-refractivity contribution is -0.145. The summed E-state index contributed by atoms with van der Waals surface area (Å²) in [5, 5.41) is 11.8. The first kappa shape index (κ1) is 11.4. The SMILES string of the molecule is CN1CC(=O)NCC12CCC(C(=O)O)CC2. The minimum Gasteiger partial charge on any atom is -0.481 e. The van der Waals surface area contributed by atoms with Gasteiger partial charge in [-0.25, -0.2) is 0 Å². The Morgan fingerprint density at radius 1 is 1.50 bits per heavy atom. The number of aliphatic carboxylic acids is 1. The van der Waals surface area contributed by atoms with E-state index in [2.05, 4.69) is 10.2 Å². The Morgan fingerprint density at radius 3 is 2.62 bits per heavy atom. The molecular weight excluding hydrogens is 208 g/mol. The summed E-state index contributed by atoms with van der Waals surface area (Å²) in [6, 6.07) is 0. The van der Waals surface area contributed by atoms with Crippen LogP contribution < -0.4 is 5.32 Å². The molecule has 5 nitrogen and oxygen atoms in total. The highest BCUT2D eigenvalue weighted by atomic mass is 16.4. The molecule has 0 aromatic rings. The predicted molar refractivity (Wildman–Crippen MR) is 58.0 cm³/mol. The van der Waals surface area contributed by atoms with Crippen LogP contribution in [0.3, 0.4) is 0 Å². The highest BCUT2D eigenvalue weighted by Crippen LogP contribution is 2.36. The van der Waals surface area contributed by atoms with E-state index in [9.17, 15) is 9.59 Å². The lowest BCUT2D eigenvalue weighted by atomic mass is 9.74. The van der Waals surface area contributed by atoms with Gasteiger partial charge in [0.15, 0.2) is 0 Å². The zero-order valence-electron chi connectivity index (χ0n) is 9.53. The van der Waals surface area contributed by atoms with E-state index in [1.807, 2.05) is 7.05 Å². The van der Waals surface area contributed by atoms with Gasteiger partial charge in [-0.1, -0.05) is 0 Å². The van der Waals surface area contributed by atoms with Gasteiger partial charge in [0.1, 0.15) is 0 Å². The second-order valence-electron chi connectivity index (χ2n) is 4.97. The van der Waals surface area contributed by atoms with Gasteiger partial charge in [0.25, 0.3) is 0 Å². The van der Waals surface area contributed by atoms with E-state index >= 15 is 0 Å². The maximum atomic E-state index is 11.2. The Labute approximate surface area is 94.8 Å². The molecule has 0 atom stereocenters. The number of carbonyl (C=O) groups is 2. The Morgan fingerprint density at radius 2 is 2.12 bits per heavy atom. The van der Waals surface area contributed by atoms with Gasteiger partial charge < -0.3 is 10.4 Å². The van der Waals surface area contributed by atoms with Gasteiger partial charge in [-0.15, -0.1) is 0 Å². The number of piperazine rings is 1. The molecule has 16 heavy (non-hydrogen) atoms. The zero-order valence-corrected chi connectivity index (χ0v) is 9.53. The van der Waals surface area contributed by atoms with Crippen molar-refractivity contribution in [2.45, 2.75) is 31.2 Å². The minimum atomic E-state index is -0.683. The van der Waals surface area contributed by atoms with Crippen LogP contribution in [0.5, 0.6) is 0 Å². The molecule has 1 saturated heterocycles. The molecule has 2 fully saturated rings. The molecule has 1 saturated carbocycles. The molecular formula is C11H18N2O3. The van der Waals surface area contributed by atoms with Crippen LogP contribution in [0.1, 0.15) is 25.7 Å². The van der Waals surface area contributed by atoms with Gasteiger partial charge in [0.2, 0.25) is 5.91 Å². The molecule has 1 aliphatic carbocycles. The number of carboxylic acid groups (broad SMARTS) is 1. The monoisotopic (exact) mass is 226 g/mol. The number of hydrogen-bond donors (Lipinski definition) is 2. The van der Waals surface area contributed by atoms with Crippen LogP contribution in [0.15, 0.2) is 0 Å². The number of nitrogens with zero attached hydrogens (tertiary/aromatic N) is 1. The fourth-order valence-electron chi connectivity index (χ4n) is 2.80. The number of amides is 1. The average Bonchev–Trinajstić information content (AvgIpc) is 2.25. The van der Waals surface area contributed by atoms with E-state index in [4.69, 9.17) is 5.11 Å². The van der Waals surface area contributed by atoms with E-state index < -0.39 is 5.97 Å². The molecule has 90 valence electrons. The molecule has 0 aromatic carbocycles. The highest BCUT2D eigenvalue weighted by Gasteiger charge is 2.43. The topological polar surface area (TPSA) is 69.6 Å². The van der Waals surface area contributed by atoms with Crippen LogP contribution in [0.25, 0.3) is 0 Å². The number of hydrogen-bond acceptors (Lipinski definition) is 3. The van der Waals surface area contributed by atoms with Crippen LogP contribution in [0, 0.1) is 5.92 Å². The second-order valence-corrected chi connectivity index (χ2v) is 4.97. The van der Waals surface area contributed by atoms with Gasteiger partial charge in [-0.3, -0.25) is 14.5 Å². The van der Waals surface area contributed by atoms with Gasteiger partial charge >= 0.3 is 5.97 Å². The summed E-state index contributed by atoms with van der Waals surface area (Å²) in [7, 11) is 1.96. The summed E-state index contributed by atoms with van der Waals surface area (Å²) >= 11 is 0. The van der Waals surface area contributed by atoms with E-state index in [0.29, 0.717) is 13.1 Å². The quantitative estimate of drug-likeness (QED) is 0.663. The van der Waals surface area contributed by atoms with Crippen molar-refractivity contribution in [2.24, 2.45) is 5.92 Å². The maximum Gasteiger partial charge on any atom is 0.306 e. The van der Waals surface area contributed by atoms with Gasteiger partial charge in [-0.2, -0.15) is 0 Å². The van der Waals surface area contributed by atoms with Crippen LogP contribution in [-0.2, 0) is 9.59 Å². The van der Waals surface area contributed by atoms with Crippen molar-refractivity contribution < 1.29 is 14.7 Å². The maximum absolute atomic E-state index is 11.2. The molecule has 0 aromatic heterocycles. The summed E-state index contributed by atoms with van der Waals surface area (Å²) in [5.41, 5.74) is -0.000139. The largest absolute Gasteiger partial charge is 0.481 e. The molecule has 2 N–H and O–H groups in total. The van der Waals surface area contributed by atoms with Crippen molar-refractivity contribution in [3.63, 3.8) is 0 Å². The number of carboxylic acids is 1. The summed E-state index contributed by atoms with van der Waals surface area (Å²) in [5.74, 6) is -0.817. The van der Waals surface area contributed by atoms with Crippen molar-refractivity contribution in [1.29, 1.82) is 0 Å². The Kier molecular flexibility index (Phi) is 2.88. The third-order valence-corrected chi connectivity index (χ3v) is 4.07. The lowest BCUT2D eigenvalue weighted by Crippen LogP contribution is -2.63. The van der Waals surface area contributed by atoms with Crippen molar-refractivity contribution in [3.05, 3.63) is 0 Å². The van der Waals surface area contributed by atoms with Gasteiger partial charge in [-0.05, 0) is 32.7 Å². The fraction of sp³-hybridized carbons (Fsp3) is 0.818. The summed E-state index contributed by atoms with van der Waals surface area (Å²) < 4.78 is 0. The zero-order chi connectivity index (χ0) is 11.8. The summed E-state index contributed by atoms with van der Waals surface area (Å²) in [6.07, 6.45) is 3.16. The van der Waals surface area contributed by atoms with Crippen molar-refractivity contribution >= 4 is 11.9 Å². The fourth-order valence-corrected chi connectivity index (χ4v) is 2.80. The number of rotatable bonds is 1. The molecule has 2 rings (SSSR count). The molecule has 1 aliphatic heterocycles. The highest BCUT2D eigenvalue weighted by molar-refractivity contribution is 5.79. The van der Waals surface area contributed by atoms with Crippen LogP contribution in [-0.4, -0.2) is 47.6 Å². The van der Waals surface area contributed by atoms with Gasteiger partial charge in [0.05, 0.1) is 12.5 Å². The molecule has 1 spiro atoms. The smallest absolute Gasteiger partial charge is 0.306 e. The average molecular weight is 226 g/mol. The lowest BCUT2D eigenvalue weighted by Gasteiger charge is -2.48. The number of carbonyl (C=O) groups excluding carboxylic acids is 1. The standard InChI is InChI=1S/C11H18N2O3/c1-13-6-9(14)12-7-11(13)4-2-8(3-5-11)10(15)16/h8H,2-7H2,1H3,(H,12,14)(H,15,16). The van der Waals surface area contributed by atoms with E-state index in [1.54, 1.807) is 0 Å². The van der Waals surface area contributed by atoms with Crippen LogP contribution in [0.4, 0.5) is 0 Å². The minimum absolute atomic E-state index is 0.000139. The van der Waals surface area contributed by atoms with Gasteiger partial charge in [0, 0.05) is 12.1 Å². The third kappa shape index (κ3) is 1.91. The Bertz CT molecular complexity index is 308. The van der Waals surface area contributed by atoms with Crippen LogP contribution in [0.2, 0.25) is 0 Å². The van der Waals surface area contributed by atoms with Crippen molar-refractivity contribution in [1.82, 2.24) is 10.2 Å². The van der Waals surface area contributed by atoms with Crippen molar-refractivity contribution in [2.75, 3.05) is 20.1 Å². The molecule has 0 bridgehead atoms.